The predicted octanol–water partition coefficient (Wildman–Crippen LogP) is 2.77. The van der Waals surface area contributed by atoms with E-state index in [2.05, 4.69) is 5.32 Å². The second-order valence-electron chi connectivity index (χ2n) is 4.45. The Kier molecular flexibility index (Phi) is 5.24. The molecule has 0 aliphatic heterocycles. The van der Waals surface area contributed by atoms with E-state index < -0.39 is 35.7 Å². The zero-order valence-electron chi connectivity index (χ0n) is 12.1. The number of esters is 1. The molecule has 0 saturated carbocycles. The molecule has 2 aromatic carbocycles. The van der Waals surface area contributed by atoms with Crippen LogP contribution in [0, 0.1) is 11.6 Å². The minimum absolute atomic E-state index is 0.406. The maximum absolute atomic E-state index is 13.4. The number of rotatable bonds is 5. The number of amides is 1. The molecule has 0 aliphatic carbocycles. The zero-order chi connectivity index (χ0) is 16.8. The number of anilines is 1. The van der Waals surface area contributed by atoms with E-state index in [1.807, 2.05) is 0 Å². The minimum atomic E-state index is -1.06. The third-order valence-electron chi connectivity index (χ3n) is 2.87. The van der Waals surface area contributed by atoms with Crippen molar-refractivity contribution < 1.29 is 27.8 Å². The summed E-state index contributed by atoms with van der Waals surface area (Å²) in [6, 6.07) is 9.11. The smallest absolute Gasteiger partial charge is 0.341 e. The highest BCUT2D eigenvalue weighted by Gasteiger charge is 2.16. The lowest BCUT2D eigenvalue weighted by Crippen LogP contribution is -2.21. The number of nitrogens with one attached hydrogen (secondary N) is 1. The molecular formula is C16H13F2NO4. The second-order valence-corrected chi connectivity index (χ2v) is 4.45. The van der Waals surface area contributed by atoms with Gasteiger partial charge in [-0.3, -0.25) is 4.79 Å². The first-order valence-electron chi connectivity index (χ1n) is 6.56. The summed E-state index contributed by atoms with van der Waals surface area (Å²) in [4.78, 5) is 23.4. The Labute approximate surface area is 130 Å². The van der Waals surface area contributed by atoms with Gasteiger partial charge in [-0.15, -0.1) is 0 Å². The summed E-state index contributed by atoms with van der Waals surface area (Å²) in [7, 11) is 1.45. The molecule has 120 valence electrons. The van der Waals surface area contributed by atoms with Crippen LogP contribution in [-0.4, -0.2) is 25.6 Å². The summed E-state index contributed by atoms with van der Waals surface area (Å²) in [5.41, 5.74) is -0.0412. The molecule has 0 spiro atoms. The lowest BCUT2D eigenvalue weighted by Gasteiger charge is -2.10. The number of halogens is 2. The van der Waals surface area contributed by atoms with E-state index in [4.69, 9.17) is 9.47 Å². The summed E-state index contributed by atoms with van der Waals surface area (Å²) < 4.78 is 35.9. The molecule has 0 bridgehead atoms. The Bertz CT molecular complexity index is 734. The van der Waals surface area contributed by atoms with E-state index >= 15 is 0 Å². The average molecular weight is 321 g/mol. The van der Waals surface area contributed by atoms with E-state index in [-0.39, 0.29) is 0 Å². The maximum Gasteiger partial charge on any atom is 0.341 e. The average Bonchev–Trinajstić information content (AvgIpc) is 2.53. The fourth-order valence-electron chi connectivity index (χ4n) is 1.80. The van der Waals surface area contributed by atoms with Crippen molar-refractivity contribution in [3.63, 3.8) is 0 Å². The van der Waals surface area contributed by atoms with Gasteiger partial charge in [0, 0.05) is 6.07 Å². The highest BCUT2D eigenvalue weighted by molar-refractivity contribution is 5.96. The molecule has 0 aromatic heterocycles. The Morgan fingerprint density at radius 1 is 1.13 bits per heavy atom. The normalized spacial score (nSPS) is 10.0. The third kappa shape index (κ3) is 4.26. The van der Waals surface area contributed by atoms with Gasteiger partial charge in [0.15, 0.2) is 6.61 Å². The lowest BCUT2D eigenvalue weighted by atomic mass is 10.2. The molecule has 0 aliphatic rings. The zero-order valence-corrected chi connectivity index (χ0v) is 12.1. The lowest BCUT2D eigenvalue weighted by molar-refractivity contribution is -0.119. The number of methoxy groups -OCH3 is 1. The first-order valence-corrected chi connectivity index (χ1v) is 6.56. The summed E-state index contributed by atoms with van der Waals surface area (Å²) >= 11 is 0. The van der Waals surface area contributed by atoms with Crippen LogP contribution in [0.5, 0.6) is 5.75 Å². The predicted molar refractivity (Wildman–Crippen MR) is 78.3 cm³/mol. The molecule has 0 heterocycles. The van der Waals surface area contributed by atoms with Crippen LogP contribution in [0.25, 0.3) is 0 Å². The fourth-order valence-corrected chi connectivity index (χ4v) is 1.80. The van der Waals surface area contributed by atoms with E-state index in [1.54, 1.807) is 24.3 Å². The minimum Gasteiger partial charge on any atom is -0.495 e. The molecule has 2 rings (SSSR count). The Morgan fingerprint density at radius 2 is 1.87 bits per heavy atom. The molecule has 0 atom stereocenters. The van der Waals surface area contributed by atoms with Gasteiger partial charge in [-0.05, 0) is 24.3 Å². The van der Waals surface area contributed by atoms with Gasteiger partial charge in [-0.2, -0.15) is 0 Å². The third-order valence-corrected chi connectivity index (χ3v) is 2.87. The molecule has 0 fully saturated rings. The SMILES string of the molecule is COc1ccccc1NC(=O)COC(=O)c1ccc(F)cc1F. The summed E-state index contributed by atoms with van der Waals surface area (Å²) in [5.74, 6) is -3.10. The summed E-state index contributed by atoms with van der Waals surface area (Å²) in [5, 5.41) is 2.50. The van der Waals surface area contributed by atoms with Crippen LogP contribution in [0.15, 0.2) is 42.5 Å². The molecule has 2 aromatic rings. The number of hydrogen-bond acceptors (Lipinski definition) is 4. The van der Waals surface area contributed by atoms with Gasteiger partial charge >= 0.3 is 5.97 Å². The second kappa shape index (κ2) is 7.35. The summed E-state index contributed by atoms with van der Waals surface area (Å²) in [6.07, 6.45) is 0. The van der Waals surface area contributed by atoms with E-state index in [9.17, 15) is 18.4 Å². The number of ether oxygens (including phenoxy) is 2. The van der Waals surface area contributed by atoms with Crippen LogP contribution in [0.2, 0.25) is 0 Å². The van der Waals surface area contributed by atoms with Crippen molar-refractivity contribution >= 4 is 17.6 Å². The Balaban J connectivity index is 1.95. The fraction of sp³-hybridized carbons (Fsp3) is 0.125. The standard InChI is InChI=1S/C16H13F2NO4/c1-22-14-5-3-2-4-13(14)19-15(20)9-23-16(21)11-7-6-10(17)8-12(11)18/h2-8H,9H2,1H3,(H,19,20). The molecule has 0 radical (unpaired) electrons. The van der Waals surface area contributed by atoms with Crippen LogP contribution >= 0.6 is 0 Å². The van der Waals surface area contributed by atoms with Crippen LogP contribution in [0.4, 0.5) is 14.5 Å². The Hall–Kier alpha value is -2.96. The monoisotopic (exact) mass is 321 g/mol. The largest absolute Gasteiger partial charge is 0.495 e. The number of benzene rings is 2. The molecular weight excluding hydrogens is 308 g/mol. The van der Waals surface area contributed by atoms with Gasteiger partial charge < -0.3 is 14.8 Å². The van der Waals surface area contributed by atoms with Crippen molar-refractivity contribution in [2.75, 3.05) is 19.0 Å². The van der Waals surface area contributed by atoms with Crippen molar-refractivity contribution in [3.05, 3.63) is 59.7 Å². The topological polar surface area (TPSA) is 64.6 Å². The molecule has 23 heavy (non-hydrogen) atoms. The first-order chi connectivity index (χ1) is 11.0. The molecule has 0 saturated heterocycles. The van der Waals surface area contributed by atoms with Gasteiger partial charge in [-0.1, -0.05) is 12.1 Å². The number of carbonyl (C=O) groups is 2. The van der Waals surface area contributed by atoms with Gasteiger partial charge in [0.1, 0.15) is 17.4 Å². The highest BCUT2D eigenvalue weighted by atomic mass is 19.1. The van der Waals surface area contributed by atoms with Gasteiger partial charge in [0.25, 0.3) is 5.91 Å². The van der Waals surface area contributed by atoms with Crippen molar-refractivity contribution in [3.8, 4) is 5.75 Å². The summed E-state index contributed by atoms with van der Waals surface area (Å²) in [6.45, 7) is -0.617. The first kappa shape index (κ1) is 16.4. The van der Waals surface area contributed by atoms with Crippen molar-refractivity contribution in [2.24, 2.45) is 0 Å². The van der Waals surface area contributed by atoms with Crippen LogP contribution in [0.1, 0.15) is 10.4 Å². The van der Waals surface area contributed by atoms with E-state index in [1.165, 1.54) is 7.11 Å². The van der Waals surface area contributed by atoms with Crippen LogP contribution < -0.4 is 10.1 Å². The van der Waals surface area contributed by atoms with Crippen LogP contribution in [-0.2, 0) is 9.53 Å². The maximum atomic E-state index is 13.4. The molecule has 5 nitrogen and oxygen atoms in total. The van der Waals surface area contributed by atoms with Crippen LogP contribution in [0.3, 0.4) is 0 Å². The molecule has 1 N–H and O–H groups in total. The number of hydrogen-bond donors (Lipinski definition) is 1. The van der Waals surface area contributed by atoms with Crippen molar-refractivity contribution in [1.82, 2.24) is 0 Å². The number of para-hydroxylation sites is 2. The highest BCUT2D eigenvalue weighted by Crippen LogP contribution is 2.22. The van der Waals surface area contributed by atoms with E-state index in [0.717, 1.165) is 12.1 Å². The van der Waals surface area contributed by atoms with Crippen molar-refractivity contribution in [1.29, 1.82) is 0 Å². The Morgan fingerprint density at radius 3 is 2.57 bits per heavy atom. The molecule has 1 amide bonds. The quantitative estimate of drug-likeness (QED) is 0.860. The van der Waals surface area contributed by atoms with Gasteiger partial charge in [-0.25, -0.2) is 13.6 Å². The molecule has 0 unspecified atom stereocenters. The van der Waals surface area contributed by atoms with Crippen molar-refractivity contribution in [2.45, 2.75) is 0 Å². The number of carbonyl (C=O) groups excluding carboxylic acids is 2. The van der Waals surface area contributed by atoms with Gasteiger partial charge in [0.2, 0.25) is 0 Å². The van der Waals surface area contributed by atoms with E-state index in [0.29, 0.717) is 17.5 Å². The van der Waals surface area contributed by atoms with Gasteiger partial charge in [0.05, 0.1) is 18.4 Å². The molecule has 7 heteroatoms.